The summed E-state index contributed by atoms with van der Waals surface area (Å²) in [5.74, 6) is 0.443. The second kappa shape index (κ2) is 8.08. The van der Waals surface area contributed by atoms with Crippen LogP contribution in [0.2, 0.25) is 0 Å². The summed E-state index contributed by atoms with van der Waals surface area (Å²) in [6.07, 6.45) is 16.1. The van der Waals surface area contributed by atoms with Gasteiger partial charge in [0.1, 0.15) is 0 Å². The molecule has 1 aliphatic heterocycles. The molecule has 39 heavy (non-hydrogen) atoms. The maximum atomic E-state index is 2.61. The third-order valence-corrected chi connectivity index (χ3v) is 9.94. The summed E-state index contributed by atoms with van der Waals surface area (Å²) in [7, 11) is 0. The molecule has 0 saturated carbocycles. The minimum atomic E-state index is 0.360. The van der Waals surface area contributed by atoms with Crippen LogP contribution in [0.4, 0.5) is 5.69 Å². The zero-order valence-corrected chi connectivity index (χ0v) is 22.2. The Balaban J connectivity index is 1.25. The number of nitrogens with zero attached hydrogens (tertiary/aromatic N) is 2. The molecule has 0 radical (unpaired) electrons. The SMILES string of the molecule is C1=CC2C3=C(CCC=C3)N(c3ccc4sc5ccc(-n6c7ccccc7c7ccccc76)cc5c4c3)C2C=C1. The van der Waals surface area contributed by atoms with E-state index in [1.165, 1.54) is 64.6 Å². The molecule has 2 unspecified atom stereocenters. The molecule has 0 spiro atoms. The molecule has 3 heteroatoms. The van der Waals surface area contributed by atoms with Crippen molar-refractivity contribution in [2.75, 3.05) is 4.90 Å². The van der Waals surface area contributed by atoms with E-state index in [0.717, 1.165) is 12.8 Å². The topological polar surface area (TPSA) is 8.17 Å². The number of fused-ring (bicyclic) bond motifs is 8. The van der Waals surface area contributed by atoms with Gasteiger partial charge in [-0.15, -0.1) is 11.3 Å². The highest BCUT2D eigenvalue weighted by molar-refractivity contribution is 7.25. The summed E-state index contributed by atoms with van der Waals surface area (Å²) in [4.78, 5) is 2.61. The Morgan fingerprint density at radius 3 is 2.10 bits per heavy atom. The largest absolute Gasteiger partial charge is 0.337 e. The van der Waals surface area contributed by atoms with Gasteiger partial charge in [-0.1, -0.05) is 72.9 Å². The predicted molar refractivity (Wildman–Crippen MR) is 167 cm³/mol. The summed E-state index contributed by atoms with van der Waals surface area (Å²) in [6, 6.07) is 32.0. The van der Waals surface area contributed by atoms with E-state index < -0.39 is 0 Å². The van der Waals surface area contributed by atoms with Gasteiger partial charge in [-0.2, -0.15) is 0 Å². The van der Waals surface area contributed by atoms with E-state index in [1.54, 1.807) is 0 Å². The average Bonchev–Trinajstić information content (AvgIpc) is 3.64. The molecule has 0 saturated heterocycles. The standard InChI is InChI=1S/C36H26N2S/c1-5-13-31-25(9-1)26-10-2-6-14-32(26)37(31)23-17-19-35-29(21-23)30-22-24(18-20-36(30)39-35)38-33-15-7-3-11-27(33)28-12-4-8-16-34(28)38/h1-7,9-15,17-22,27,33H,8,16H2. The Labute approximate surface area is 231 Å². The lowest BCUT2D eigenvalue weighted by Crippen LogP contribution is -2.32. The first-order valence-electron chi connectivity index (χ1n) is 13.8. The van der Waals surface area contributed by atoms with Crippen LogP contribution in [0.1, 0.15) is 12.8 Å². The Kier molecular flexibility index (Phi) is 4.47. The van der Waals surface area contributed by atoms with E-state index in [0.29, 0.717) is 12.0 Å². The summed E-state index contributed by atoms with van der Waals surface area (Å²) >= 11 is 1.90. The lowest BCUT2D eigenvalue weighted by Gasteiger charge is -2.31. The quantitative estimate of drug-likeness (QED) is 0.221. The fourth-order valence-electron chi connectivity index (χ4n) is 7.11. The van der Waals surface area contributed by atoms with Crippen molar-refractivity contribution in [3.05, 3.63) is 133 Å². The van der Waals surface area contributed by atoms with Gasteiger partial charge in [0, 0.05) is 53.9 Å². The number of para-hydroxylation sites is 2. The summed E-state index contributed by atoms with van der Waals surface area (Å²) in [5.41, 5.74) is 8.02. The monoisotopic (exact) mass is 518 g/mol. The highest BCUT2D eigenvalue weighted by Crippen LogP contribution is 2.46. The van der Waals surface area contributed by atoms with Crippen LogP contribution in [0.15, 0.2) is 133 Å². The van der Waals surface area contributed by atoms with Gasteiger partial charge in [0.05, 0.1) is 17.1 Å². The van der Waals surface area contributed by atoms with Gasteiger partial charge in [0.15, 0.2) is 0 Å². The van der Waals surface area contributed by atoms with Crippen molar-refractivity contribution in [2.45, 2.75) is 18.9 Å². The lowest BCUT2D eigenvalue weighted by molar-refractivity contribution is 0.681. The highest BCUT2D eigenvalue weighted by Gasteiger charge is 2.38. The number of aromatic nitrogens is 1. The molecule has 0 bridgehead atoms. The molecule has 9 rings (SSSR count). The second-order valence-electron chi connectivity index (χ2n) is 10.8. The van der Waals surface area contributed by atoms with Crippen molar-refractivity contribution in [1.29, 1.82) is 0 Å². The fourth-order valence-corrected chi connectivity index (χ4v) is 8.18. The fraction of sp³-hybridized carbons (Fsp3) is 0.111. The number of hydrogen-bond acceptors (Lipinski definition) is 2. The zero-order valence-electron chi connectivity index (χ0n) is 21.4. The predicted octanol–water partition coefficient (Wildman–Crippen LogP) is 9.69. The van der Waals surface area contributed by atoms with Crippen molar-refractivity contribution < 1.29 is 0 Å². The molecule has 2 aliphatic carbocycles. The van der Waals surface area contributed by atoms with Crippen LogP contribution in [0, 0.1) is 5.92 Å². The zero-order chi connectivity index (χ0) is 25.5. The molecule has 2 aromatic heterocycles. The molecular weight excluding hydrogens is 492 g/mol. The smallest absolute Gasteiger partial charge is 0.0626 e. The first-order valence-corrected chi connectivity index (χ1v) is 14.7. The Morgan fingerprint density at radius 2 is 1.33 bits per heavy atom. The van der Waals surface area contributed by atoms with E-state index in [4.69, 9.17) is 0 Å². The third kappa shape index (κ3) is 3.02. The van der Waals surface area contributed by atoms with Crippen molar-refractivity contribution in [1.82, 2.24) is 4.57 Å². The number of benzene rings is 4. The van der Waals surface area contributed by atoms with Crippen LogP contribution >= 0.6 is 11.3 Å². The minimum Gasteiger partial charge on any atom is -0.337 e. The van der Waals surface area contributed by atoms with Gasteiger partial charge in [0.25, 0.3) is 0 Å². The number of rotatable bonds is 2. The van der Waals surface area contributed by atoms with Crippen LogP contribution in [-0.2, 0) is 0 Å². The van der Waals surface area contributed by atoms with E-state index >= 15 is 0 Å². The summed E-state index contributed by atoms with van der Waals surface area (Å²) in [5, 5.41) is 5.29. The molecule has 2 atom stereocenters. The Bertz CT molecular complexity index is 2040. The maximum absolute atomic E-state index is 2.61. The van der Waals surface area contributed by atoms with E-state index in [9.17, 15) is 0 Å². The highest BCUT2D eigenvalue weighted by atomic mass is 32.1. The molecule has 2 nitrogen and oxygen atoms in total. The maximum Gasteiger partial charge on any atom is 0.0626 e. The van der Waals surface area contributed by atoms with Gasteiger partial charge in [-0.3, -0.25) is 0 Å². The number of allylic oxidation sites excluding steroid dienone is 5. The first-order chi connectivity index (χ1) is 19.3. The Morgan fingerprint density at radius 1 is 0.667 bits per heavy atom. The lowest BCUT2D eigenvalue weighted by atomic mass is 9.88. The third-order valence-electron chi connectivity index (χ3n) is 8.79. The van der Waals surface area contributed by atoms with Crippen LogP contribution in [0.3, 0.4) is 0 Å². The normalized spacial score (nSPS) is 20.2. The van der Waals surface area contributed by atoms with E-state index in [2.05, 4.69) is 131 Å². The first kappa shape index (κ1) is 21.6. The van der Waals surface area contributed by atoms with Crippen molar-refractivity contribution in [3.63, 3.8) is 0 Å². The second-order valence-corrected chi connectivity index (χ2v) is 11.9. The van der Waals surface area contributed by atoms with Crippen LogP contribution in [-0.4, -0.2) is 10.6 Å². The van der Waals surface area contributed by atoms with Gasteiger partial charge >= 0.3 is 0 Å². The molecule has 0 amide bonds. The number of thiophene rings is 1. The van der Waals surface area contributed by atoms with Gasteiger partial charge in [-0.25, -0.2) is 0 Å². The average molecular weight is 519 g/mol. The van der Waals surface area contributed by atoms with Gasteiger partial charge < -0.3 is 9.47 Å². The molecule has 186 valence electrons. The molecule has 3 aliphatic rings. The summed E-state index contributed by atoms with van der Waals surface area (Å²) < 4.78 is 5.11. The molecule has 0 N–H and O–H groups in total. The van der Waals surface area contributed by atoms with Crippen molar-refractivity contribution in [3.8, 4) is 5.69 Å². The summed E-state index contributed by atoms with van der Waals surface area (Å²) in [6.45, 7) is 0. The number of anilines is 1. The van der Waals surface area contributed by atoms with E-state index in [1.807, 2.05) is 11.3 Å². The van der Waals surface area contributed by atoms with Gasteiger partial charge in [0.2, 0.25) is 0 Å². The molecular formula is C36H26N2S. The number of hydrogen-bond donors (Lipinski definition) is 0. The molecule has 3 heterocycles. The van der Waals surface area contributed by atoms with Crippen molar-refractivity contribution >= 4 is 59.0 Å². The van der Waals surface area contributed by atoms with Gasteiger partial charge in [-0.05, 0) is 66.9 Å². The minimum absolute atomic E-state index is 0.360. The molecule has 6 aromatic rings. The van der Waals surface area contributed by atoms with Crippen LogP contribution < -0.4 is 4.90 Å². The molecule has 0 fully saturated rings. The molecule has 4 aromatic carbocycles. The van der Waals surface area contributed by atoms with E-state index in [-0.39, 0.29) is 0 Å². The van der Waals surface area contributed by atoms with Crippen LogP contribution in [0.5, 0.6) is 0 Å². The van der Waals surface area contributed by atoms with Crippen LogP contribution in [0.25, 0.3) is 47.7 Å². The Hall–Kier alpha value is -4.34. The van der Waals surface area contributed by atoms with Crippen molar-refractivity contribution in [2.24, 2.45) is 5.92 Å².